The number of nitroso groups, excluding NO2 is 1. The molecule has 0 radical (unpaired) electrons. The fourth-order valence-electron chi connectivity index (χ4n) is 0.0527. The molecule has 7 heavy (non-hydrogen) atoms. The van der Waals surface area contributed by atoms with Crippen LogP contribution in [-0.4, -0.2) is 5.91 Å². The Bertz CT molecular complexity index is 120. The molecule has 0 bridgehead atoms. The van der Waals surface area contributed by atoms with Crippen LogP contribution in [0.4, 0.5) is 0 Å². The van der Waals surface area contributed by atoms with Crippen LogP contribution in [0, 0.1) is 4.91 Å². The molecule has 0 aliphatic rings. The predicted octanol–water partition coefficient (Wildman–Crippen LogP) is 0.723. The van der Waals surface area contributed by atoms with Gasteiger partial charge in [0.2, 0.25) is 0 Å². The molecule has 0 rings (SSSR count). The van der Waals surface area contributed by atoms with Crippen molar-refractivity contribution >= 4 is 18.5 Å². The zero-order valence-electron chi connectivity index (χ0n) is 3.42. The van der Waals surface area contributed by atoms with E-state index in [4.69, 9.17) is 0 Å². The largest absolute Gasteiger partial charge is 0.322 e. The molecule has 38 valence electrons. The zero-order valence-corrected chi connectivity index (χ0v) is 4.31. The van der Waals surface area contributed by atoms with Crippen LogP contribution in [0.1, 0.15) is 0 Å². The monoisotopic (exact) mass is 117 g/mol. The number of nitrogens with zero attached hydrogens (tertiary/aromatic N) is 1. The molecular weight excluding hydrogens is 114 g/mol. The van der Waals surface area contributed by atoms with Gasteiger partial charge in [-0.25, -0.2) is 0 Å². The van der Waals surface area contributed by atoms with Crippen LogP contribution in [0.3, 0.4) is 0 Å². The van der Waals surface area contributed by atoms with Crippen molar-refractivity contribution < 1.29 is 4.79 Å². The van der Waals surface area contributed by atoms with E-state index in [9.17, 15) is 9.70 Å². The smallest absolute Gasteiger partial charge is 0.263 e. The van der Waals surface area contributed by atoms with Crippen LogP contribution >= 0.6 is 12.6 Å². The van der Waals surface area contributed by atoms with Gasteiger partial charge < -0.3 is 0 Å². The highest BCUT2D eigenvalue weighted by Crippen LogP contribution is 1.95. The third-order valence-electron chi connectivity index (χ3n) is 0.330. The molecule has 0 aromatic rings. The van der Waals surface area contributed by atoms with Crippen LogP contribution in [0.25, 0.3) is 0 Å². The summed E-state index contributed by atoms with van der Waals surface area (Å²) in [7, 11) is 0. The summed E-state index contributed by atoms with van der Waals surface area (Å²) >= 11 is 3.44. The number of carbonyl (C=O) groups excluding carboxylic acids is 1. The van der Waals surface area contributed by atoms with Gasteiger partial charge in [0, 0.05) is 5.18 Å². The molecule has 3 nitrogen and oxygen atoms in total. The van der Waals surface area contributed by atoms with Crippen molar-refractivity contribution in [2.24, 2.45) is 5.18 Å². The number of rotatable bonds is 1. The minimum absolute atomic E-state index is 0.130. The predicted molar refractivity (Wildman–Crippen MR) is 28.9 cm³/mol. The summed E-state index contributed by atoms with van der Waals surface area (Å²) in [6.45, 7) is 3.05. The molecule has 0 aliphatic carbocycles. The van der Waals surface area contributed by atoms with E-state index in [1.54, 1.807) is 0 Å². The molecule has 0 aliphatic heterocycles. The van der Waals surface area contributed by atoms with Gasteiger partial charge in [-0.15, -0.1) is 17.5 Å². The van der Waals surface area contributed by atoms with E-state index in [0.29, 0.717) is 0 Å². The van der Waals surface area contributed by atoms with Gasteiger partial charge in [0.1, 0.15) is 0 Å². The first kappa shape index (κ1) is 6.36. The van der Waals surface area contributed by atoms with Gasteiger partial charge in [0.05, 0.1) is 4.91 Å². The van der Waals surface area contributed by atoms with Crippen LogP contribution in [0.5, 0.6) is 0 Å². The van der Waals surface area contributed by atoms with E-state index in [-0.39, 0.29) is 4.91 Å². The van der Waals surface area contributed by atoms with Gasteiger partial charge in [-0.05, 0) is 0 Å². The highest BCUT2D eigenvalue weighted by atomic mass is 32.1. The molecule has 0 spiro atoms. The fraction of sp³-hybridized carbons (Fsp3) is 0. The van der Waals surface area contributed by atoms with Crippen LogP contribution < -0.4 is 0 Å². The van der Waals surface area contributed by atoms with Crippen LogP contribution in [-0.2, 0) is 4.79 Å². The molecule has 0 aromatic heterocycles. The summed E-state index contributed by atoms with van der Waals surface area (Å²) in [6.07, 6.45) is 0. The lowest BCUT2D eigenvalue weighted by molar-refractivity contribution is -0.113. The first-order valence-electron chi connectivity index (χ1n) is 1.44. The van der Waals surface area contributed by atoms with E-state index in [1.807, 2.05) is 5.18 Å². The second kappa shape index (κ2) is 2.52. The molecule has 0 N–H and O–H groups in total. The Morgan fingerprint density at radius 2 is 2.14 bits per heavy atom. The first-order valence-corrected chi connectivity index (χ1v) is 1.88. The summed E-state index contributed by atoms with van der Waals surface area (Å²) in [5.74, 6) is -0.914. The Balaban J connectivity index is 3.81. The van der Waals surface area contributed by atoms with Gasteiger partial charge in [-0.2, -0.15) is 0 Å². The molecular formula is C3H3NO2S. The SMILES string of the molecule is C=C(S)C(=O)N=O. The Morgan fingerprint density at radius 1 is 1.71 bits per heavy atom. The minimum atomic E-state index is -0.914. The highest BCUT2D eigenvalue weighted by Gasteiger charge is 1.97. The van der Waals surface area contributed by atoms with Crippen molar-refractivity contribution in [3.63, 3.8) is 0 Å². The summed E-state index contributed by atoms with van der Waals surface area (Å²) in [4.78, 5) is 19.0. The van der Waals surface area contributed by atoms with E-state index in [0.717, 1.165) is 0 Å². The maximum absolute atomic E-state index is 9.86. The Labute approximate surface area is 45.8 Å². The average Bonchev–Trinajstić information content (AvgIpc) is 1.65. The normalized spacial score (nSPS) is 7.57. The topological polar surface area (TPSA) is 46.5 Å². The van der Waals surface area contributed by atoms with Crippen molar-refractivity contribution in [2.45, 2.75) is 0 Å². The van der Waals surface area contributed by atoms with Crippen LogP contribution in [0.2, 0.25) is 0 Å². The highest BCUT2D eigenvalue weighted by molar-refractivity contribution is 7.85. The van der Waals surface area contributed by atoms with E-state index >= 15 is 0 Å². The Kier molecular flexibility index (Phi) is 2.29. The average molecular weight is 117 g/mol. The van der Waals surface area contributed by atoms with Crippen molar-refractivity contribution in [2.75, 3.05) is 0 Å². The van der Waals surface area contributed by atoms with E-state index < -0.39 is 5.91 Å². The van der Waals surface area contributed by atoms with Gasteiger partial charge in [0.25, 0.3) is 0 Å². The molecule has 4 heteroatoms. The number of amides is 1. The van der Waals surface area contributed by atoms with Crippen molar-refractivity contribution in [1.82, 2.24) is 0 Å². The Morgan fingerprint density at radius 3 is 2.14 bits per heavy atom. The molecule has 1 amide bonds. The quantitative estimate of drug-likeness (QED) is 0.312. The summed E-state index contributed by atoms with van der Waals surface area (Å²) in [5.41, 5.74) is 0. The molecule has 0 saturated heterocycles. The van der Waals surface area contributed by atoms with Crippen molar-refractivity contribution in [3.05, 3.63) is 16.4 Å². The fourth-order valence-corrected chi connectivity index (χ4v) is 0.0935. The molecule has 0 fully saturated rings. The van der Waals surface area contributed by atoms with Crippen molar-refractivity contribution in [1.29, 1.82) is 0 Å². The number of hydrogen-bond acceptors (Lipinski definition) is 3. The third-order valence-corrected chi connectivity index (χ3v) is 0.521. The van der Waals surface area contributed by atoms with E-state index in [2.05, 4.69) is 19.2 Å². The van der Waals surface area contributed by atoms with Crippen LogP contribution in [0.15, 0.2) is 16.7 Å². The molecule has 0 aromatic carbocycles. The maximum Gasteiger partial charge on any atom is 0.322 e. The molecule has 0 unspecified atom stereocenters. The standard InChI is InChI=1S/C3H3NO2S/c1-2(7)3(5)4-6/h7H,1H2. The van der Waals surface area contributed by atoms with Gasteiger partial charge in [-0.3, -0.25) is 4.79 Å². The van der Waals surface area contributed by atoms with Gasteiger partial charge in [-0.1, -0.05) is 6.58 Å². The number of hydrogen-bond donors (Lipinski definition) is 1. The summed E-state index contributed by atoms with van der Waals surface area (Å²) in [5, 5.41) is 2.02. The second-order valence-electron chi connectivity index (χ2n) is 0.843. The lowest BCUT2D eigenvalue weighted by Gasteiger charge is -1.77. The molecule has 0 atom stereocenters. The lowest BCUT2D eigenvalue weighted by atomic mass is 10.6. The number of thiol groups is 1. The van der Waals surface area contributed by atoms with Gasteiger partial charge in [0.15, 0.2) is 0 Å². The molecule has 0 saturated carbocycles. The first-order chi connectivity index (χ1) is 3.18. The lowest BCUT2D eigenvalue weighted by Crippen LogP contribution is -1.86. The van der Waals surface area contributed by atoms with Gasteiger partial charge >= 0.3 is 5.91 Å². The second-order valence-corrected chi connectivity index (χ2v) is 1.38. The Hall–Kier alpha value is -0.640. The number of carbonyl (C=O) groups is 1. The maximum atomic E-state index is 9.86. The molecule has 0 heterocycles. The summed E-state index contributed by atoms with van der Waals surface area (Å²) in [6, 6.07) is 0. The zero-order chi connectivity index (χ0) is 5.86. The summed E-state index contributed by atoms with van der Waals surface area (Å²) < 4.78 is 0. The van der Waals surface area contributed by atoms with Crippen molar-refractivity contribution in [3.8, 4) is 0 Å². The minimum Gasteiger partial charge on any atom is -0.263 e. The third kappa shape index (κ3) is 2.11. The van der Waals surface area contributed by atoms with E-state index in [1.165, 1.54) is 0 Å².